The molecule has 1 saturated heterocycles. The van der Waals surface area contributed by atoms with Gasteiger partial charge in [0.15, 0.2) is 5.78 Å². The Morgan fingerprint density at radius 3 is 2.61 bits per heavy atom. The van der Waals surface area contributed by atoms with Crippen molar-refractivity contribution in [3.63, 3.8) is 0 Å². The van der Waals surface area contributed by atoms with Crippen LogP contribution in [0.25, 0.3) is 6.08 Å². The first-order chi connectivity index (χ1) is 13.6. The zero-order valence-electron chi connectivity index (χ0n) is 15.6. The lowest BCUT2D eigenvalue weighted by Gasteiger charge is -2.21. The summed E-state index contributed by atoms with van der Waals surface area (Å²) in [4.78, 5) is 13.3. The largest absolute Gasteiger partial charge is 0.381 e. The third-order valence-electron chi connectivity index (χ3n) is 4.85. The second kappa shape index (κ2) is 10.1. The fraction of sp³-hybridized carbons (Fsp3) is 0.261. The molecule has 0 atom stereocenters. The van der Waals surface area contributed by atoms with E-state index in [1.165, 1.54) is 0 Å². The number of benzene rings is 1. The first kappa shape index (κ1) is 20.8. The summed E-state index contributed by atoms with van der Waals surface area (Å²) < 4.78 is 6.30. The molecule has 0 saturated carbocycles. The molecule has 0 bridgehead atoms. The van der Waals surface area contributed by atoms with Gasteiger partial charge in [-0.05, 0) is 48.3 Å². The summed E-state index contributed by atoms with van der Waals surface area (Å²) in [6.07, 6.45) is 11.1. The van der Waals surface area contributed by atoms with E-state index < -0.39 is 0 Å². The van der Waals surface area contributed by atoms with Crippen LogP contribution >= 0.6 is 27.5 Å². The van der Waals surface area contributed by atoms with Gasteiger partial charge < -0.3 is 10.1 Å². The third-order valence-corrected chi connectivity index (χ3v) is 5.69. The Morgan fingerprint density at radius 2 is 1.93 bits per heavy atom. The number of hydrogen-bond acceptors (Lipinski definition) is 3. The van der Waals surface area contributed by atoms with Gasteiger partial charge in [-0.1, -0.05) is 64.5 Å². The van der Waals surface area contributed by atoms with E-state index in [1.807, 2.05) is 48.6 Å². The number of hydrogen-bond donors (Lipinski definition) is 1. The first-order valence-corrected chi connectivity index (χ1v) is 10.5. The third kappa shape index (κ3) is 5.34. The van der Waals surface area contributed by atoms with Crippen molar-refractivity contribution in [3.8, 4) is 0 Å². The average molecular weight is 461 g/mol. The maximum atomic E-state index is 13.3. The monoisotopic (exact) mass is 459 g/mol. The summed E-state index contributed by atoms with van der Waals surface area (Å²) in [6, 6.07) is 7.62. The Morgan fingerprint density at radius 1 is 1.21 bits per heavy atom. The Bertz CT molecular complexity index is 859. The number of ether oxygens (including phenoxy) is 1. The molecule has 5 heteroatoms. The van der Waals surface area contributed by atoms with E-state index in [4.69, 9.17) is 16.3 Å². The Balaban J connectivity index is 1.93. The van der Waals surface area contributed by atoms with Crippen LogP contribution in [0.3, 0.4) is 0 Å². The van der Waals surface area contributed by atoms with Crippen molar-refractivity contribution >= 4 is 39.4 Å². The second-order valence-corrected chi connectivity index (χ2v) is 8.08. The van der Waals surface area contributed by atoms with Crippen LogP contribution in [0, 0.1) is 5.92 Å². The van der Waals surface area contributed by atoms with Gasteiger partial charge in [-0.25, -0.2) is 0 Å². The summed E-state index contributed by atoms with van der Waals surface area (Å²) in [6.45, 7) is 5.66. The number of carbonyl (C=O) groups excluding carboxylic acids is 1. The fourth-order valence-corrected chi connectivity index (χ4v) is 3.54. The molecule has 0 aromatic heterocycles. The minimum atomic E-state index is 0.0119. The molecule has 2 heterocycles. The number of Topliss-reactive ketones (excluding diaryl/α,β-unsaturated/α-hetero) is 1. The van der Waals surface area contributed by atoms with Crippen molar-refractivity contribution in [1.82, 2.24) is 5.32 Å². The number of allylic oxidation sites excluding steroid dienone is 5. The van der Waals surface area contributed by atoms with E-state index >= 15 is 0 Å². The maximum absolute atomic E-state index is 13.3. The molecule has 28 heavy (non-hydrogen) atoms. The highest BCUT2D eigenvalue weighted by atomic mass is 79.9. The predicted octanol–water partition coefficient (Wildman–Crippen LogP) is 5.60. The molecular formula is C23H23BrClNO2. The van der Waals surface area contributed by atoms with E-state index in [0.717, 1.165) is 39.7 Å². The zero-order valence-corrected chi connectivity index (χ0v) is 17.9. The first-order valence-electron chi connectivity index (χ1n) is 9.31. The summed E-state index contributed by atoms with van der Waals surface area (Å²) >= 11 is 9.39. The smallest absolute Gasteiger partial charge is 0.168 e. The van der Waals surface area contributed by atoms with Gasteiger partial charge in [0.1, 0.15) is 0 Å². The van der Waals surface area contributed by atoms with Gasteiger partial charge in [0.25, 0.3) is 0 Å². The number of nitrogens with one attached hydrogen (secondary N) is 1. The highest BCUT2D eigenvalue weighted by molar-refractivity contribution is 9.11. The van der Waals surface area contributed by atoms with Crippen LogP contribution in [0.4, 0.5) is 0 Å². The highest BCUT2D eigenvalue weighted by Gasteiger charge is 2.30. The molecule has 1 aromatic rings. The zero-order chi connectivity index (χ0) is 19.9. The molecule has 2 aliphatic heterocycles. The molecule has 0 unspecified atom stereocenters. The number of rotatable bonds is 6. The second-order valence-electron chi connectivity index (χ2n) is 6.73. The topological polar surface area (TPSA) is 38.3 Å². The van der Waals surface area contributed by atoms with Crippen molar-refractivity contribution in [2.75, 3.05) is 19.8 Å². The number of carbonyl (C=O) groups is 1. The molecule has 0 radical (unpaired) electrons. The minimum absolute atomic E-state index is 0.0119. The summed E-state index contributed by atoms with van der Waals surface area (Å²) in [5, 5.41) is 4.08. The van der Waals surface area contributed by atoms with Gasteiger partial charge in [-0.3, -0.25) is 4.79 Å². The van der Waals surface area contributed by atoms with Gasteiger partial charge in [-0.2, -0.15) is 0 Å². The quantitative estimate of drug-likeness (QED) is 0.562. The summed E-state index contributed by atoms with van der Waals surface area (Å²) in [7, 11) is 0. The van der Waals surface area contributed by atoms with Crippen LogP contribution in [0.2, 0.25) is 5.02 Å². The normalized spacial score (nSPS) is 20.1. The molecule has 1 aromatic carbocycles. The SMILES string of the molecule is C=C/C(Br)=C\C=C1/CNC(/C=C/c2ccc(Cl)cc2)=C1C(=O)C1CCOCC1. The van der Waals surface area contributed by atoms with Gasteiger partial charge >= 0.3 is 0 Å². The van der Waals surface area contributed by atoms with Gasteiger partial charge in [0.2, 0.25) is 0 Å². The Kier molecular flexibility index (Phi) is 7.49. The molecule has 3 rings (SSSR count). The van der Waals surface area contributed by atoms with Gasteiger partial charge in [-0.15, -0.1) is 0 Å². The van der Waals surface area contributed by atoms with Crippen molar-refractivity contribution in [2.45, 2.75) is 12.8 Å². The molecule has 2 aliphatic rings. The molecule has 3 nitrogen and oxygen atoms in total. The number of halogens is 2. The number of ketones is 1. The van der Waals surface area contributed by atoms with Crippen molar-refractivity contribution < 1.29 is 9.53 Å². The average Bonchev–Trinajstić information content (AvgIpc) is 3.14. The van der Waals surface area contributed by atoms with Crippen LogP contribution in [0.15, 0.2) is 76.5 Å². The molecule has 0 spiro atoms. The molecule has 0 amide bonds. The summed E-state index contributed by atoms with van der Waals surface area (Å²) in [5.41, 5.74) is 3.66. The van der Waals surface area contributed by atoms with Crippen molar-refractivity contribution in [3.05, 3.63) is 87.1 Å². The van der Waals surface area contributed by atoms with E-state index in [0.29, 0.717) is 24.8 Å². The summed E-state index contributed by atoms with van der Waals surface area (Å²) in [5.74, 6) is 0.205. The van der Waals surface area contributed by atoms with Crippen LogP contribution < -0.4 is 5.32 Å². The maximum Gasteiger partial charge on any atom is 0.168 e. The lowest BCUT2D eigenvalue weighted by Crippen LogP contribution is -2.25. The molecule has 146 valence electrons. The van der Waals surface area contributed by atoms with Crippen LogP contribution in [0.1, 0.15) is 18.4 Å². The van der Waals surface area contributed by atoms with Crippen molar-refractivity contribution in [1.29, 1.82) is 0 Å². The van der Waals surface area contributed by atoms with Crippen LogP contribution in [-0.2, 0) is 9.53 Å². The molecule has 1 fully saturated rings. The van der Waals surface area contributed by atoms with Crippen molar-refractivity contribution in [2.24, 2.45) is 5.92 Å². The Labute approximate surface area is 179 Å². The van der Waals surface area contributed by atoms with E-state index in [1.54, 1.807) is 6.08 Å². The van der Waals surface area contributed by atoms with E-state index in [2.05, 4.69) is 27.8 Å². The van der Waals surface area contributed by atoms with E-state index in [9.17, 15) is 4.79 Å². The predicted molar refractivity (Wildman–Crippen MR) is 119 cm³/mol. The Hall–Kier alpha value is -1.88. The van der Waals surface area contributed by atoms with Gasteiger partial charge in [0, 0.05) is 46.5 Å². The molecule has 0 aliphatic carbocycles. The minimum Gasteiger partial charge on any atom is -0.381 e. The standard InChI is InChI=1S/C23H23BrClNO2/c1-2-19(24)7-6-18-15-26-21(10-5-16-3-8-20(25)9-4-16)22(18)23(27)17-11-13-28-14-12-17/h2-10,17,26H,1,11-15H2/b10-5+,18-6+,19-7+. The lowest BCUT2D eigenvalue weighted by molar-refractivity contribution is -0.121. The van der Waals surface area contributed by atoms with E-state index in [-0.39, 0.29) is 11.7 Å². The fourth-order valence-electron chi connectivity index (χ4n) is 3.28. The lowest BCUT2D eigenvalue weighted by atomic mass is 9.87. The molecular weight excluding hydrogens is 438 g/mol. The van der Waals surface area contributed by atoms with Gasteiger partial charge in [0.05, 0.1) is 0 Å². The van der Waals surface area contributed by atoms with Crippen LogP contribution in [0.5, 0.6) is 0 Å². The van der Waals surface area contributed by atoms with Crippen LogP contribution in [-0.4, -0.2) is 25.5 Å². The molecule has 1 N–H and O–H groups in total. The highest BCUT2D eigenvalue weighted by Crippen LogP contribution is 2.29.